The lowest BCUT2D eigenvalue weighted by Gasteiger charge is -2.43. The molecule has 0 radical (unpaired) electrons. The predicted molar refractivity (Wildman–Crippen MR) is 118 cm³/mol. The molecule has 2 aliphatic rings. The van der Waals surface area contributed by atoms with Crippen LogP contribution in [0.4, 0.5) is 0 Å². The summed E-state index contributed by atoms with van der Waals surface area (Å²) in [4.78, 5) is 26.4. The third-order valence-electron chi connectivity index (χ3n) is 6.43. The van der Waals surface area contributed by atoms with Gasteiger partial charge in [-0.1, -0.05) is 12.8 Å². The van der Waals surface area contributed by atoms with E-state index in [0.29, 0.717) is 0 Å². The van der Waals surface area contributed by atoms with Gasteiger partial charge in [0.05, 0.1) is 5.92 Å². The topological polar surface area (TPSA) is 61.4 Å². The molecule has 2 aromatic rings. The number of amides is 1. The number of rotatable bonds is 4. The van der Waals surface area contributed by atoms with Crippen molar-refractivity contribution in [1.82, 2.24) is 25.1 Å². The lowest BCUT2D eigenvalue weighted by atomic mass is 9.88. The van der Waals surface area contributed by atoms with Crippen molar-refractivity contribution in [1.29, 1.82) is 0 Å². The Morgan fingerprint density at radius 3 is 2.27 bits per heavy atom. The molecule has 1 N–H and O–H groups in total. The summed E-state index contributed by atoms with van der Waals surface area (Å²) in [6.45, 7) is 5.52. The Kier molecular flexibility index (Phi) is 7.43. The summed E-state index contributed by atoms with van der Waals surface area (Å²) in [5, 5.41) is 3.23. The van der Waals surface area contributed by atoms with Gasteiger partial charge in [0, 0.05) is 57.0 Å². The molecule has 0 saturated carbocycles. The van der Waals surface area contributed by atoms with Crippen molar-refractivity contribution in [2.45, 2.75) is 51.2 Å². The quantitative estimate of drug-likeness (QED) is 0.845. The Bertz CT molecular complexity index is 785. The van der Waals surface area contributed by atoms with Crippen LogP contribution in [0.2, 0.25) is 0 Å². The van der Waals surface area contributed by atoms with Crippen LogP contribution >= 0.6 is 0 Å². The monoisotopic (exact) mass is 407 g/mol. The molecular formula is C24H33N5O. The summed E-state index contributed by atoms with van der Waals surface area (Å²) in [5.74, 6) is 0.295. The number of carbonyl (C=O) groups excluding carboxylic acids is 1. The molecule has 2 aromatic heterocycles. The molecule has 4 rings (SSSR count). The van der Waals surface area contributed by atoms with E-state index in [9.17, 15) is 4.79 Å². The molecule has 2 aliphatic heterocycles. The molecule has 0 unspecified atom stereocenters. The third kappa shape index (κ3) is 5.64. The number of fused-ring (bicyclic) bond motifs is 1. The maximum Gasteiger partial charge on any atom is 0.224 e. The van der Waals surface area contributed by atoms with E-state index in [4.69, 9.17) is 0 Å². The van der Waals surface area contributed by atoms with Crippen LogP contribution in [0.3, 0.4) is 0 Å². The van der Waals surface area contributed by atoms with Crippen LogP contribution in [0.25, 0.3) is 0 Å². The standard InChI is InChI=1S/C24H33N5O/c30-24-22-9-16-28(17-20-5-11-25-12-6-20)19-23(22)29(15-4-2-1-3-10-27-24)18-21-7-13-26-14-8-21/h5-8,11-14,22-23H,1-4,9-10,15-19H2,(H,27,30)/t22-,23-/m1/s1. The first-order chi connectivity index (χ1) is 14.8. The summed E-state index contributed by atoms with van der Waals surface area (Å²) in [6.07, 6.45) is 13.0. The van der Waals surface area contributed by atoms with Crippen LogP contribution in [0, 0.1) is 5.92 Å². The predicted octanol–water partition coefficient (Wildman–Crippen LogP) is 2.86. The second-order valence-corrected chi connectivity index (χ2v) is 8.58. The van der Waals surface area contributed by atoms with Crippen molar-refractivity contribution in [3.63, 3.8) is 0 Å². The molecule has 0 bridgehead atoms. The zero-order valence-electron chi connectivity index (χ0n) is 17.7. The Hall–Kier alpha value is -2.31. The van der Waals surface area contributed by atoms with Gasteiger partial charge in [0.25, 0.3) is 0 Å². The summed E-state index contributed by atoms with van der Waals surface area (Å²) in [7, 11) is 0. The Balaban J connectivity index is 1.54. The first kappa shape index (κ1) is 20.9. The highest BCUT2D eigenvalue weighted by molar-refractivity contribution is 5.79. The van der Waals surface area contributed by atoms with Gasteiger partial charge in [-0.15, -0.1) is 0 Å². The second kappa shape index (κ2) is 10.6. The summed E-state index contributed by atoms with van der Waals surface area (Å²) < 4.78 is 0. The van der Waals surface area contributed by atoms with E-state index in [2.05, 4.69) is 49.4 Å². The number of hydrogen-bond donors (Lipinski definition) is 1. The Labute approximate surface area is 179 Å². The minimum absolute atomic E-state index is 0.0543. The van der Waals surface area contributed by atoms with Crippen LogP contribution in [0.5, 0.6) is 0 Å². The van der Waals surface area contributed by atoms with E-state index >= 15 is 0 Å². The smallest absolute Gasteiger partial charge is 0.224 e. The van der Waals surface area contributed by atoms with Crippen LogP contribution in [-0.4, -0.2) is 57.9 Å². The van der Waals surface area contributed by atoms with Crippen molar-refractivity contribution < 1.29 is 4.79 Å². The largest absolute Gasteiger partial charge is 0.356 e. The van der Waals surface area contributed by atoms with Crippen LogP contribution in [0.15, 0.2) is 49.1 Å². The fraction of sp³-hybridized carbons (Fsp3) is 0.542. The van der Waals surface area contributed by atoms with Gasteiger partial charge in [-0.25, -0.2) is 0 Å². The maximum absolute atomic E-state index is 13.1. The fourth-order valence-electron chi connectivity index (χ4n) is 4.78. The number of piperidine rings is 1. The molecule has 160 valence electrons. The average Bonchev–Trinajstić information content (AvgIpc) is 2.81. The van der Waals surface area contributed by atoms with Gasteiger partial charge < -0.3 is 5.32 Å². The first-order valence-electron chi connectivity index (χ1n) is 11.3. The van der Waals surface area contributed by atoms with Crippen LogP contribution < -0.4 is 5.32 Å². The van der Waals surface area contributed by atoms with Gasteiger partial charge in [0.1, 0.15) is 0 Å². The molecule has 2 saturated heterocycles. The zero-order valence-corrected chi connectivity index (χ0v) is 17.7. The molecular weight excluding hydrogens is 374 g/mol. The van der Waals surface area contributed by atoms with E-state index in [1.807, 2.05) is 24.8 Å². The molecule has 2 atom stereocenters. The number of likely N-dealkylation sites (tertiary alicyclic amines) is 1. The number of aromatic nitrogens is 2. The van der Waals surface area contributed by atoms with E-state index in [-0.39, 0.29) is 17.9 Å². The second-order valence-electron chi connectivity index (χ2n) is 8.58. The first-order valence-corrected chi connectivity index (χ1v) is 11.3. The minimum Gasteiger partial charge on any atom is -0.356 e. The number of carbonyl (C=O) groups is 1. The third-order valence-corrected chi connectivity index (χ3v) is 6.43. The number of nitrogens with zero attached hydrogens (tertiary/aromatic N) is 4. The van der Waals surface area contributed by atoms with E-state index < -0.39 is 0 Å². The molecule has 30 heavy (non-hydrogen) atoms. The van der Waals surface area contributed by atoms with E-state index in [0.717, 1.165) is 52.1 Å². The van der Waals surface area contributed by atoms with Crippen LogP contribution in [0.1, 0.15) is 43.2 Å². The lowest BCUT2D eigenvalue weighted by molar-refractivity contribution is -0.129. The summed E-state index contributed by atoms with van der Waals surface area (Å²) in [5.41, 5.74) is 2.55. The SMILES string of the molecule is O=C1NCCCCCCN(Cc2ccncc2)[C@@H]2CN(Cc3ccncc3)CC[C@@H]12. The fourth-order valence-corrected chi connectivity index (χ4v) is 4.78. The van der Waals surface area contributed by atoms with Gasteiger partial charge in [-0.2, -0.15) is 0 Å². The lowest BCUT2D eigenvalue weighted by Crippen LogP contribution is -2.56. The Morgan fingerprint density at radius 1 is 0.867 bits per heavy atom. The zero-order chi connectivity index (χ0) is 20.6. The van der Waals surface area contributed by atoms with E-state index in [1.165, 1.54) is 30.4 Å². The van der Waals surface area contributed by atoms with Crippen molar-refractivity contribution in [2.24, 2.45) is 5.92 Å². The number of hydrogen-bond acceptors (Lipinski definition) is 5. The minimum atomic E-state index is 0.0543. The molecule has 0 aromatic carbocycles. The highest BCUT2D eigenvalue weighted by Crippen LogP contribution is 2.26. The molecule has 0 spiro atoms. The van der Waals surface area contributed by atoms with Gasteiger partial charge in [-0.05, 0) is 67.7 Å². The van der Waals surface area contributed by atoms with Crippen molar-refractivity contribution in [2.75, 3.05) is 26.2 Å². The number of nitrogens with one attached hydrogen (secondary N) is 1. The summed E-state index contributed by atoms with van der Waals surface area (Å²) in [6, 6.07) is 8.60. The maximum atomic E-state index is 13.1. The van der Waals surface area contributed by atoms with Crippen molar-refractivity contribution >= 4 is 5.91 Å². The molecule has 1 amide bonds. The van der Waals surface area contributed by atoms with Gasteiger partial charge in [0.15, 0.2) is 0 Å². The summed E-state index contributed by atoms with van der Waals surface area (Å²) >= 11 is 0. The van der Waals surface area contributed by atoms with E-state index in [1.54, 1.807) is 0 Å². The van der Waals surface area contributed by atoms with Crippen LogP contribution in [-0.2, 0) is 17.9 Å². The molecule has 6 nitrogen and oxygen atoms in total. The highest BCUT2D eigenvalue weighted by Gasteiger charge is 2.37. The molecule has 4 heterocycles. The Morgan fingerprint density at radius 2 is 1.53 bits per heavy atom. The van der Waals surface area contributed by atoms with Crippen molar-refractivity contribution in [3.05, 3.63) is 60.2 Å². The van der Waals surface area contributed by atoms with Crippen molar-refractivity contribution in [3.8, 4) is 0 Å². The number of pyridine rings is 2. The normalized spacial score (nSPS) is 24.5. The van der Waals surface area contributed by atoms with Gasteiger partial charge >= 0.3 is 0 Å². The highest BCUT2D eigenvalue weighted by atomic mass is 16.1. The molecule has 0 aliphatic carbocycles. The van der Waals surface area contributed by atoms with Gasteiger partial charge in [0.2, 0.25) is 5.91 Å². The van der Waals surface area contributed by atoms with Gasteiger partial charge in [-0.3, -0.25) is 24.6 Å². The molecule has 2 fully saturated rings. The average molecular weight is 408 g/mol. The molecule has 6 heteroatoms.